The van der Waals surface area contributed by atoms with E-state index in [1.807, 2.05) is 30.5 Å². The van der Waals surface area contributed by atoms with Gasteiger partial charge in [-0.3, -0.25) is 14.4 Å². The molecule has 0 fully saturated rings. The van der Waals surface area contributed by atoms with Crippen LogP contribution in [0.3, 0.4) is 0 Å². The highest BCUT2D eigenvalue weighted by molar-refractivity contribution is 7.98. The van der Waals surface area contributed by atoms with Gasteiger partial charge in [0, 0.05) is 29.8 Å². The quantitative estimate of drug-likeness (QED) is 0.358. The summed E-state index contributed by atoms with van der Waals surface area (Å²) in [5.41, 5.74) is 0.274. The van der Waals surface area contributed by atoms with Gasteiger partial charge in [-0.2, -0.15) is 11.8 Å². The number of fused-ring (bicyclic) bond motifs is 1. The molecule has 2 aromatic rings. The van der Waals surface area contributed by atoms with Gasteiger partial charge < -0.3 is 15.0 Å². The van der Waals surface area contributed by atoms with E-state index in [-0.39, 0.29) is 35.9 Å². The second-order valence-corrected chi connectivity index (χ2v) is 9.41. The maximum absolute atomic E-state index is 13.8. The molecule has 3 rings (SSSR count). The van der Waals surface area contributed by atoms with Crippen LogP contribution in [-0.4, -0.2) is 42.9 Å². The maximum atomic E-state index is 13.8. The van der Waals surface area contributed by atoms with Crippen molar-refractivity contribution in [2.75, 3.05) is 30.1 Å². The van der Waals surface area contributed by atoms with Gasteiger partial charge in [0.05, 0.1) is 16.7 Å². The number of hydrogen-bond acceptors (Lipinski definition) is 5. The Bertz CT molecular complexity index is 1050. The molecule has 0 bridgehead atoms. The summed E-state index contributed by atoms with van der Waals surface area (Å²) < 4.78 is 5.08. The van der Waals surface area contributed by atoms with Gasteiger partial charge in [0.25, 0.3) is 11.8 Å². The summed E-state index contributed by atoms with van der Waals surface area (Å²) in [4.78, 5) is 41.0. The molecule has 1 aliphatic heterocycles. The molecule has 1 heterocycles. The third-order valence-electron chi connectivity index (χ3n) is 5.51. The average molecular weight is 509 g/mol. The molecule has 6 nitrogen and oxygen atoms in total. The monoisotopic (exact) mass is 508 g/mol. The molecule has 1 atom stereocenters. The lowest BCUT2D eigenvalue weighted by Crippen LogP contribution is -2.53. The van der Waals surface area contributed by atoms with Crippen molar-refractivity contribution >= 4 is 58.4 Å². The number of thioether (sulfide) groups is 1. The number of amides is 2. The molecule has 33 heavy (non-hydrogen) atoms. The second-order valence-electron chi connectivity index (χ2n) is 7.61. The lowest BCUT2D eigenvalue weighted by atomic mass is 9.86. The lowest BCUT2D eigenvalue weighted by molar-refractivity contribution is -0.143. The Hall–Kier alpha value is -2.22. The standard InChI is InChI=1S/C24H26Cl2N2O4S/c1-3-32-21(29)11-12-24(27-22(30)16-9-10-18(25)19(26)15-16)17-7-4-5-8-20(17)28(23(24)31)13-6-14-33-2/h4-5,7-10,15H,3,6,11-14H2,1-2H3,(H,27,30). The Balaban J connectivity index is 2.00. The summed E-state index contributed by atoms with van der Waals surface area (Å²) >= 11 is 13.8. The molecule has 2 amide bonds. The molecule has 0 aliphatic carbocycles. The number of esters is 1. The first kappa shape index (κ1) is 25.4. The molecule has 0 radical (unpaired) electrons. The van der Waals surface area contributed by atoms with Gasteiger partial charge in [-0.15, -0.1) is 0 Å². The Kier molecular flexibility index (Phi) is 8.68. The van der Waals surface area contributed by atoms with Gasteiger partial charge in [-0.05, 0) is 56.0 Å². The van der Waals surface area contributed by atoms with E-state index in [2.05, 4.69) is 5.32 Å². The van der Waals surface area contributed by atoms with Crippen molar-refractivity contribution in [3.05, 3.63) is 63.6 Å². The minimum absolute atomic E-state index is 0.0196. The highest BCUT2D eigenvalue weighted by Gasteiger charge is 2.51. The first-order valence-corrected chi connectivity index (χ1v) is 12.8. The SMILES string of the molecule is CCOC(=O)CCC1(NC(=O)c2ccc(Cl)c(Cl)c2)C(=O)N(CCCSC)c2ccccc21. The van der Waals surface area contributed by atoms with Crippen LogP contribution in [0.25, 0.3) is 0 Å². The lowest BCUT2D eigenvalue weighted by Gasteiger charge is -2.30. The van der Waals surface area contributed by atoms with Crippen LogP contribution in [0.5, 0.6) is 0 Å². The van der Waals surface area contributed by atoms with E-state index in [4.69, 9.17) is 27.9 Å². The molecule has 1 N–H and O–H groups in total. The molecule has 1 unspecified atom stereocenters. The third kappa shape index (κ3) is 5.48. The summed E-state index contributed by atoms with van der Waals surface area (Å²) in [6.07, 6.45) is 2.87. The number of para-hydroxylation sites is 1. The number of anilines is 1. The van der Waals surface area contributed by atoms with Gasteiger partial charge in [-0.1, -0.05) is 41.4 Å². The maximum Gasteiger partial charge on any atom is 0.305 e. The zero-order chi connectivity index (χ0) is 24.0. The number of hydrogen-bond donors (Lipinski definition) is 1. The number of nitrogens with one attached hydrogen (secondary N) is 1. The van der Waals surface area contributed by atoms with Gasteiger partial charge >= 0.3 is 5.97 Å². The number of rotatable bonds is 10. The van der Waals surface area contributed by atoms with E-state index in [0.717, 1.165) is 17.9 Å². The fraction of sp³-hybridized carbons (Fsp3) is 0.375. The molecule has 0 spiro atoms. The van der Waals surface area contributed by atoms with Crippen LogP contribution in [0, 0.1) is 0 Å². The Morgan fingerprint density at radius 2 is 1.91 bits per heavy atom. The first-order valence-electron chi connectivity index (χ1n) is 10.7. The minimum atomic E-state index is -1.40. The molecular formula is C24H26Cl2N2O4S. The summed E-state index contributed by atoms with van der Waals surface area (Å²) in [6.45, 7) is 2.48. The zero-order valence-corrected chi connectivity index (χ0v) is 20.9. The van der Waals surface area contributed by atoms with E-state index in [1.165, 1.54) is 12.1 Å². The van der Waals surface area contributed by atoms with Gasteiger partial charge in [-0.25, -0.2) is 0 Å². The van der Waals surface area contributed by atoms with Crippen molar-refractivity contribution in [2.45, 2.75) is 31.7 Å². The number of halogens is 2. The van der Waals surface area contributed by atoms with Crippen molar-refractivity contribution in [3.63, 3.8) is 0 Å². The van der Waals surface area contributed by atoms with Crippen LogP contribution in [0.2, 0.25) is 10.0 Å². The third-order valence-corrected chi connectivity index (χ3v) is 6.95. The number of benzene rings is 2. The van der Waals surface area contributed by atoms with Crippen molar-refractivity contribution in [1.82, 2.24) is 5.32 Å². The molecule has 2 aromatic carbocycles. The van der Waals surface area contributed by atoms with Gasteiger partial charge in [0.1, 0.15) is 5.54 Å². The van der Waals surface area contributed by atoms with Crippen molar-refractivity contribution < 1.29 is 19.1 Å². The topological polar surface area (TPSA) is 75.7 Å². The molecule has 0 saturated carbocycles. The van der Waals surface area contributed by atoms with E-state index < -0.39 is 17.4 Å². The van der Waals surface area contributed by atoms with Gasteiger partial charge in [0.15, 0.2) is 0 Å². The summed E-state index contributed by atoms with van der Waals surface area (Å²) in [7, 11) is 0. The van der Waals surface area contributed by atoms with E-state index in [9.17, 15) is 14.4 Å². The molecule has 9 heteroatoms. The summed E-state index contributed by atoms with van der Waals surface area (Å²) in [5.74, 6) is -0.266. The fourth-order valence-corrected chi connectivity index (χ4v) is 4.68. The highest BCUT2D eigenvalue weighted by atomic mass is 35.5. The largest absolute Gasteiger partial charge is 0.466 e. The predicted octanol–water partition coefficient (Wildman–Crippen LogP) is 5.06. The van der Waals surface area contributed by atoms with E-state index >= 15 is 0 Å². The van der Waals surface area contributed by atoms with E-state index in [0.29, 0.717) is 17.1 Å². The molecular weight excluding hydrogens is 483 g/mol. The van der Waals surface area contributed by atoms with Crippen LogP contribution in [-0.2, 0) is 19.9 Å². The Labute approximate surface area is 207 Å². The van der Waals surface area contributed by atoms with Crippen LogP contribution < -0.4 is 10.2 Å². The van der Waals surface area contributed by atoms with Crippen LogP contribution in [0.15, 0.2) is 42.5 Å². The minimum Gasteiger partial charge on any atom is -0.466 e. The zero-order valence-electron chi connectivity index (χ0n) is 18.5. The summed E-state index contributed by atoms with van der Waals surface area (Å²) in [6, 6.07) is 11.9. The number of carbonyl (C=O) groups is 3. The van der Waals surface area contributed by atoms with Crippen LogP contribution in [0.1, 0.15) is 42.1 Å². The normalized spacial score (nSPS) is 17.1. The fourth-order valence-electron chi connectivity index (χ4n) is 3.96. The van der Waals surface area contributed by atoms with Crippen LogP contribution in [0.4, 0.5) is 5.69 Å². The van der Waals surface area contributed by atoms with Crippen molar-refractivity contribution in [2.24, 2.45) is 0 Å². The molecule has 0 aromatic heterocycles. The van der Waals surface area contributed by atoms with E-state index in [1.54, 1.807) is 29.7 Å². The molecule has 1 aliphatic rings. The Morgan fingerprint density at radius 1 is 1.15 bits per heavy atom. The predicted molar refractivity (Wildman–Crippen MR) is 133 cm³/mol. The first-order chi connectivity index (χ1) is 15.8. The average Bonchev–Trinajstić information content (AvgIpc) is 3.03. The van der Waals surface area contributed by atoms with Gasteiger partial charge in [0.2, 0.25) is 0 Å². The Morgan fingerprint density at radius 3 is 2.61 bits per heavy atom. The number of carbonyl (C=O) groups excluding carboxylic acids is 3. The molecule has 0 saturated heterocycles. The summed E-state index contributed by atoms with van der Waals surface area (Å²) in [5, 5.41) is 3.50. The number of ether oxygens (including phenoxy) is 1. The van der Waals surface area contributed by atoms with Crippen LogP contribution >= 0.6 is 35.0 Å². The second kappa shape index (κ2) is 11.3. The number of nitrogens with zero attached hydrogens (tertiary/aromatic N) is 1. The van der Waals surface area contributed by atoms with Crippen molar-refractivity contribution in [3.8, 4) is 0 Å². The molecule has 176 valence electrons. The van der Waals surface area contributed by atoms with Crippen molar-refractivity contribution in [1.29, 1.82) is 0 Å². The highest BCUT2D eigenvalue weighted by Crippen LogP contribution is 2.43. The smallest absolute Gasteiger partial charge is 0.305 e.